The number of hydrogen-bond acceptors (Lipinski definition) is 12. The van der Waals surface area contributed by atoms with Crippen LogP contribution >= 0.6 is 0 Å². The van der Waals surface area contributed by atoms with Crippen LogP contribution < -0.4 is 10.2 Å². The molecule has 0 fully saturated rings. The molecule has 6 aromatic heterocycles. The molecule has 0 radical (unpaired) electrons. The molecule has 118 heavy (non-hydrogen) atoms. The zero-order valence-corrected chi connectivity index (χ0v) is 66.3. The molecule has 0 saturated carbocycles. The number of aliphatic carboxylic acids is 2. The number of benzene rings is 12. The Bertz CT molecular complexity index is 5340. The quantitative estimate of drug-likeness (QED) is 0.0514. The first-order valence-corrected chi connectivity index (χ1v) is 37.9. The number of aromatic nitrogens is 12. The van der Waals surface area contributed by atoms with Gasteiger partial charge in [-0.05, 0) is 69.8 Å². The van der Waals surface area contributed by atoms with E-state index in [9.17, 15) is 29.4 Å². The van der Waals surface area contributed by atoms with E-state index in [2.05, 4.69) is 355 Å². The van der Waals surface area contributed by atoms with Crippen molar-refractivity contribution in [1.82, 2.24) is 58.1 Å². The first-order valence-electron chi connectivity index (χ1n) is 37.9. The molecule has 6 heterocycles. The van der Waals surface area contributed by atoms with Crippen LogP contribution in [0.2, 0.25) is 0 Å². The van der Waals surface area contributed by atoms with Gasteiger partial charge >= 0.3 is 48.4 Å². The summed E-state index contributed by atoms with van der Waals surface area (Å²) in [6.07, 6.45) is 0. The van der Waals surface area contributed by atoms with Gasteiger partial charge in [-0.3, -0.25) is 9.59 Å². The van der Waals surface area contributed by atoms with Crippen LogP contribution in [0.15, 0.2) is 400 Å². The van der Waals surface area contributed by atoms with Gasteiger partial charge in [0.15, 0.2) is 11.6 Å². The average Bonchev–Trinajstić information content (AvgIpc) is 1.59. The summed E-state index contributed by atoms with van der Waals surface area (Å²) in [5.41, 5.74) is 23.7. The largest absolute Gasteiger partial charge is 2.00 e. The van der Waals surface area contributed by atoms with Gasteiger partial charge in [0, 0.05) is 81.4 Å². The van der Waals surface area contributed by atoms with Crippen LogP contribution in [0, 0.1) is 0 Å². The molecular formula is C96H74B2Fe2N12O6. The van der Waals surface area contributed by atoms with Crippen molar-refractivity contribution < 1.29 is 63.5 Å². The molecule has 0 atom stereocenters. The molecule has 18 aromatic rings. The standard InChI is InChI=1S/2C45H34BN6.2C3H4O3.2Fe/c2*1-7-19-34(20-8-1)40-31-43(37-25-13-4-14-26-37)50(47-40)46(51-44(38-27-15-5-16-28-38)32-41(48-51)35-21-9-2-10-22-35)52-45(39-29-17-6-18-30-39)33-42(49-52)36-23-11-3-12-24-36;2*1-2(4)3(5)6;;/h2*1-33,46H;2*1H3,(H,5,6);;/q2*-1;;;2*+2/p-2. The zero-order chi connectivity index (χ0) is 79.7. The molecule has 18 nitrogen and oxygen atoms in total. The van der Waals surface area contributed by atoms with Gasteiger partial charge in [-0.2, -0.15) is 0 Å². The van der Waals surface area contributed by atoms with Crippen molar-refractivity contribution in [3.63, 3.8) is 0 Å². The van der Waals surface area contributed by atoms with Crippen LogP contribution in [0.5, 0.6) is 0 Å². The van der Waals surface area contributed by atoms with Crippen LogP contribution in [0.4, 0.5) is 0 Å². The van der Waals surface area contributed by atoms with Crippen molar-refractivity contribution in [2.24, 2.45) is 0 Å². The predicted octanol–water partition coefficient (Wildman–Crippen LogP) is 16.5. The smallest absolute Gasteiger partial charge is 0.542 e. The molecule has 18 rings (SSSR count). The van der Waals surface area contributed by atoms with Crippen LogP contribution in [0.1, 0.15) is 13.8 Å². The van der Waals surface area contributed by atoms with Crippen molar-refractivity contribution in [2.45, 2.75) is 13.8 Å². The summed E-state index contributed by atoms with van der Waals surface area (Å²) in [4.78, 5) is 37.4. The summed E-state index contributed by atoms with van der Waals surface area (Å²) < 4.78 is 13.0. The van der Waals surface area contributed by atoms with E-state index in [0.717, 1.165) is 149 Å². The van der Waals surface area contributed by atoms with Gasteiger partial charge in [-0.1, -0.05) is 364 Å². The summed E-state index contributed by atoms with van der Waals surface area (Å²) in [6.45, 7) is 1.88. The maximum Gasteiger partial charge on any atom is 2.00 e. The first kappa shape index (κ1) is 81.4. The van der Waals surface area contributed by atoms with E-state index in [1.54, 1.807) is 0 Å². The fraction of sp³-hybridized carbons (Fsp3) is 0.0208. The molecule has 0 N–H and O–H groups in total. The van der Waals surface area contributed by atoms with Crippen molar-refractivity contribution >= 4 is 37.7 Å². The Labute approximate surface area is 703 Å². The molecule has 0 spiro atoms. The molecule has 0 aliphatic rings. The molecule has 576 valence electrons. The average molecular weight is 1630 g/mol. The third kappa shape index (κ3) is 18.7. The Morgan fingerprint density at radius 3 is 0.407 bits per heavy atom. The Morgan fingerprint density at radius 1 is 0.203 bits per heavy atom. The summed E-state index contributed by atoms with van der Waals surface area (Å²) >= 11 is 0. The van der Waals surface area contributed by atoms with Gasteiger partial charge < -0.3 is 47.4 Å². The second-order valence-electron chi connectivity index (χ2n) is 27.4. The normalized spacial score (nSPS) is 10.7. The SMILES string of the molecule is CC(=O)C(=O)[O-].CC(=O)C(=O)[O-].[Fe+2].[Fe+2].c1ccc(-c2cc(-c3ccccc3)n([BH-](n3nc(-c4ccccc4)cc3-c3ccccc3)n3nc(-c4ccccc4)cc3-c3ccccc3)n2)cc1.c1ccc(-c2cc(-c3ccccc3)n([BH-](n3nc(-c4ccccc4)cc3-c3ccccc3)n3nc(-c4ccccc4)cc3-c3ccccc3)n2)cc1. The van der Waals surface area contributed by atoms with E-state index in [4.69, 9.17) is 30.6 Å². The number of hydrogen-bond donors (Lipinski definition) is 0. The van der Waals surface area contributed by atoms with Crippen molar-refractivity contribution in [3.05, 3.63) is 400 Å². The minimum atomic E-state index is -1.96. The molecule has 0 unspecified atom stereocenters. The third-order valence-electron chi connectivity index (χ3n) is 19.7. The number of Topliss-reactive ketones (excluding diaryl/α,β-unsaturated/α-hetero) is 2. The molecule has 12 aromatic carbocycles. The zero-order valence-electron chi connectivity index (χ0n) is 64.0. The first-order chi connectivity index (χ1) is 56.9. The van der Waals surface area contributed by atoms with Gasteiger partial charge in [0.05, 0.1) is 34.2 Å². The Kier molecular flexibility index (Phi) is 26.5. The molecule has 0 amide bonds. The molecule has 0 aliphatic carbocycles. The number of carboxylic acids is 2. The Morgan fingerprint density at radius 2 is 0.305 bits per heavy atom. The number of carbonyl (C=O) groups excluding carboxylic acids is 4. The fourth-order valence-electron chi connectivity index (χ4n) is 14.1. The van der Waals surface area contributed by atoms with Gasteiger partial charge in [0.1, 0.15) is 11.9 Å². The number of ketones is 2. The summed E-state index contributed by atoms with van der Waals surface area (Å²) in [5.74, 6) is -5.13. The Hall–Kier alpha value is -14.7. The van der Waals surface area contributed by atoms with Crippen LogP contribution in [0.25, 0.3) is 135 Å². The molecule has 0 aliphatic heterocycles. The number of carbonyl (C=O) groups is 4. The fourth-order valence-corrected chi connectivity index (χ4v) is 14.1. The molecule has 0 saturated heterocycles. The van der Waals surface area contributed by atoms with Crippen LogP contribution in [0.3, 0.4) is 0 Å². The van der Waals surface area contributed by atoms with Gasteiger partial charge in [-0.15, -0.1) is 0 Å². The van der Waals surface area contributed by atoms with Crippen molar-refractivity contribution in [1.29, 1.82) is 0 Å². The maximum absolute atomic E-state index is 9.48. The summed E-state index contributed by atoms with van der Waals surface area (Å²) in [6, 6.07) is 138. The van der Waals surface area contributed by atoms with E-state index in [1.807, 2.05) is 72.8 Å². The Balaban J connectivity index is 0.000000177. The third-order valence-corrected chi connectivity index (χ3v) is 19.7. The van der Waals surface area contributed by atoms with Crippen LogP contribution in [-0.2, 0) is 53.3 Å². The van der Waals surface area contributed by atoms with E-state index >= 15 is 0 Å². The van der Waals surface area contributed by atoms with Crippen LogP contribution in [-0.4, -0.2) is 95.9 Å². The second-order valence-corrected chi connectivity index (χ2v) is 27.4. The summed E-state index contributed by atoms with van der Waals surface area (Å²) in [5, 5.41) is 51.3. The van der Waals surface area contributed by atoms with Crippen molar-refractivity contribution in [3.8, 4) is 135 Å². The summed E-state index contributed by atoms with van der Waals surface area (Å²) in [7, 11) is -3.92. The maximum atomic E-state index is 9.48. The van der Waals surface area contributed by atoms with Gasteiger partial charge in [-0.25, -0.2) is 30.6 Å². The topological polar surface area (TPSA) is 221 Å². The number of carboxylic acid groups (broad SMARTS) is 2. The molecular weight excluding hydrogens is 1550 g/mol. The van der Waals surface area contributed by atoms with E-state index in [-0.39, 0.29) is 34.1 Å². The van der Waals surface area contributed by atoms with E-state index < -0.39 is 37.7 Å². The predicted molar refractivity (Wildman–Crippen MR) is 457 cm³/mol. The van der Waals surface area contributed by atoms with E-state index in [0.29, 0.717) is 0 Å². The number of rotatable bonds is 20. The van der Waals surface area contributed by atoms with E-state index in [1.165, 1.54) is 0 Å². The second kappa shape index (κ2) is 38.5. The molecule has 0 bridgehead atoms. The number of nitrogens with zero attached hydrogens (tertiary/aromatic N) is 12. The molecule has 22 heteroatoms. The minimum absolute atomic E-state index is 0. The minimum Gasteiger partial charge on any atom is -0.542 e. The monoisotopic (exact) mass is 1620 g/mol. The van der Waals surface area contributed by atoms with Gasteiger partial charge in [0.25, 0.3) is 0 Å². The van der Waals surface area contributed by atoms with Gasteiger partial charge in [0.2, 0.25) is 0 Å². The van der Waals surface area contributed by atoms with Crippen molar-refractivity contribution in [2.75, 3.05) is 0 Å².